The Morgan fingerprint density at radius 3 is 2.85 bits per heavy atom. The molecule has 0 bridgehead atoms. The normalized spacial score (nSPS) is 18.7. The van der Waals surface area contributed by atoms with Crippen LogP contribution in [0.4, 0.5) is 0 Å². The molecule has 0 radical (unpaired) electrons. The predicted molar refractivity (Wildman–Crippen MR) is 103 cm³/mol. The molecule has 3 N–H and O–H groups in total. The molecule has 1 aromatic carbocycles. The minimum absolute atomic E-state index is 0.123. The number of nitrogens with one attached hydrogen (secondary N) is 2. The molecule has 0 fully saturated rings. The summed E-state index contributed by atoms with van der Waals surface area (Å²) in [5.74, 6) is 2.13. The van der Waals surface area contributed by atoms with Crippen molar-refractivity contribution >= 4 is 5.96 Å². The number of aliphatic hydroxyl groups is 1. The number of para-hydroxylation sites is 2. The average molecular weight is 373 g/mol. The molecule has 146 valence electrons. The molecule has 0 aliphatic carbocycles. The molecular formula is C19H27N5O3. The van der Waals surface area contributed by atoms with Crippen molar-refractivity contribution in [1.82, 2.24) is 20.4 Å². The molecule has 0 saturated carbocycles. The predicted octanol–water partition coefficient (Wildman–Crippen LogP) is 1.02. The van der Waals surface area contributed by atoms with E-state index >= 15 is 0 Å². The Labute approximate surface area is 159 Å². The van der Waals surface area contributed by atoms with Gasteiger partial charge in [-0.05, 0) is 26.0 Å². The van der Waals surface area contributed by atoms with Crippen LogP contribution in [0.1, 0.15) is 19.4 Å². The number of aliphatic imine (C=N–C) groups is 1. The Bertz CT molecular complexity index is 787. The summed E-state index contributed by atoms with van der Waals surface area (Å²) in [6.07, 6.45) is 3.32. The van der Waals surface area contributed by atoms with Crippen LogP contribution in [0.25, 0.3) is 0 Å². The zero-order chi connectivity index (χ0) is 19.3. The van der Waals surface area contributed by atoms with Gasteiger partial charge >= 0.3 is 0 Å². The fourth-order valence-electron chi connectivity index (χ4n) is 2.74. The minimum Gasteiger partial charge on any atom is -0.486 e. The highest BCUT2D eigenvalue weighted by atomic mass is 16.6. The van der Waals surface area contributed by atoms with Crippen LogP contribution in [0, 0.1) is 0 Å². The van der Waals surface area contributed by atoms with E-state index in [-0.39, 0.29) is 12.6 Å². The van der Waals surface area contributed by atoms with Crippen LogP contribution in [0.3, 0.4) is 0 Å². The number of aryl methyl sites for hydroxylation is 1. The largest absolute Gasteiger partial charge is 0.486 e. The van der Waals surface area contributed by atoms with Crippen LogP contribution in [-0.2, 0) is 12.6 Å². The van der Waals surface area contributed by atoms with E-state index in [9.17, 15) is 5.11 Å². The van der Waals surface area contributed by atoms with Gasteiger partial charge in [-0.25, -0.2) is 4.99 Å². The summed E-state index contributed by atoms with van der Waals surface area (Å²) in [6.45, 7) is 5.65. The van der Waals surface area contributed by atoms with Gasteiger partial charge in [0, 0.05) is 25.4 Å². The van der Waals surface area contributed by atoms with Crippen molar-refractivity contribution in [1.29, 1.82) is 0 Å². The molecule has 2 heterocycles. The lowest BCUT2D eigenvalue weighted by Gasteiger charge is -2.27. The van der Waals surface area contributed by atoms with E-state index in [1.807, 2.05) is 38.2 Å². The summed E-state index contributed by atoms with van der Waals surface area (Å²) in [4.78, 5) is 4.51. The van der Waals surface area contributed by atoms with E-state index in [0.29, 0.717) is 25.7 Å². The first-order valence-corrected chi connectivity index (χ1v) is 9.10. The van der Waals surface area contributed by atoms with E-state index in [2.05, 4.69) is 20.7 Å². The van der Waals surface area contributed by atoms with Gasteiger partial charge < -0.3 is 25.2 Å². The first-order chi connectivity index (χ1) is 13.0. The van der Waals surface area contributed by atoms with Gasteiger partial charge in [-0.3, -0.25) is 4.68 Å². The van der Waals surface area contributed by atoms with Crippen LogP contribution in [0.2, 0.25) is 0 Å². The SMILES string of the molecule is CCNC(=NCC(C)(O)c1cnn(C)c1)NCC1COc2ccccc2O1. The standard InChI is InChI=1S/C19H27N5O3/c1-4-20-18(22-13-19(2,25)14-9-23-24(3)11-14)21-10-15-12-26-16-7-5-6-8-17(16)27-15/h5-9,11,15,25H,4,10,12-13H2,1-3H3,(H2,20,21,22). The van der Waals surface area contributed by atoms with Crippen LogP contribution < -0.4 is 20.1 Å². The second kappa shape index (κ2) is 8.30. The molecule has 8 nitrogen and oxygen atoms in total. The first kappa shape index (κ1) is 19.0. The molecule has 0 amide bonds. The minimum atomic E-state index is -1.10. The molecule has 8 heteroatoms. The van der Waals surface area contributed by atoms with E-state index < -0.39 is 5.60 Å². The molecule has 0 saturated heterocycles. The van der Waals surface area contributed by atoms with Crippen LogP contribution >= 0.6 is 0 Å². The first-order valence-electron chi connectivity index (χ1n) is 9.10. The molecule has 2 aromatic rings. The number of benzene rings is 1. The van der Waals surface area contributed by atoms with Crippen molar-refractivity contribution in [2.45, 2.75) is 25.6 Å². The molecule has 3 rings (SSSR count). The third kappa shape index (κ3) is 4.91. The Morgan fingerprint density at radius 1 is 1.37 bits per heavy atom. The highest BCUT2D eigenvalue weighted by Crippen LogP contribution is 2.30. The summed E-state index contributed by atoms with van der Waals surface area (Å²) >= 11 is 0. The zero-order valence-electron chi connectivity index (χ0n) is 16.0. The molecule has 27 heavy (non-hydrogen) atoms. The van der Waals surface area contributed by atoms with E-state index in [1.165, 1.54) is 0 Å². The molecule has 1 aliphatic heterocycles. The average Bonchev–Trinajstić information content (AvgIpc) is 3.11. The summed E-state index contributed by atoms with van der Waals surface area (Å²) in [6, 6.07) is 7.63. The maximum absolute atomic E-state index is 10.7. The van der Waals surface area contributed by atoms with Gasteiger partial charge in [0.25, 0.3) is 0 Å². The lowest BCUT2D eigenvalue weighted by molar-refractivity contribution is 0.0670. The number of fused-ring (bicyclic) bond motifs is 1. The summed E-state index contributed by atoms with van der Waals surface area (Å²) in [5, 5.41) is 21.2. The monoisotopic (exact) mass is 373 g/mol. The fraction of sp³-hybridized carbons (Fsp3) is 0.474. The van der Waals surface area contributed by atoms with Crippen LogP contribution in [0.15, 0.2) is 41.7 Å². The number of hydrogen-bond acceptors (Lipinski definition) is 5. The van der Waals surface area contributed by atoms with Crippen molar-refractivity contribution in [3.05, 3.63) is 42.2 Å². The van der Waals surface area contributed by atoms with Crippen molar-refractivity contribution < 1.29 is 14.6 Å². The maximum Gasteiger partial charge on any atom is 0.191 e. The lowest BCUT2D eigenvalue weighted by atomic mass is 10.0. The summed E-state index contributed by atoms with van der Waals surface area (Å²) in [7, 11) is 1.82. The number of ether oxygens (including phenoxy) is 2. The lowest BCUT2D eigenvalue weighted by Crippen LogP contribution is -2.45. The van der Waals surface area contributed by atoms with Gasteiger partial charge in [0.1, 0.15) is 18.3 Å². The highest BCUT2D eigenvalue weighted by Gasteiger charge is 2.25. The summed E-state index contributed by atoms with van der Waals surface area (Å²) < 4.78 is 13.3. The molecule has 0 spiro atoms. The van der Waals surface area contributed by atoms with Gasteiger partial charge in [-0.15, -0.1) is 0 Å². The van der Waals surface area contributed by atoms with Crippen molar-refractivity contribution in [3.8, 4) is 11.5 Å². The number of guanidine groups is 1. The van der Waals surface area contributed by atoms with E-state index in [1.54, 1.807) is 24.0 Å². The molecule has 1 aromatic heterocycles. The van der Waals surface area contributed by atoms with Gasteiger partial charge in [0.05, 0.1) is 19.3 Å². The van der Waals surface area contributed by atoms with E-state index in [4.69, 9.17) is 9.47 Å². The number of aromatic nitrogens is 2. The fourth-order valence-corrected chi connectivity index (χ4v) is 2.74. The van der Waals surface area contributed by atoms with Crippen molar-refractivity contribution in [2.24, 2.45) is 12.0 Å². The quantitative estimate of drug-likeness (QED) is 0.517. The number of nitrogens with zero attached hydrogens (tertiary/aromatic N) is 3. The van der Waals surface area contributed by atoms with E-state index in [0.717, 1.165) is 17.1 Å². The third-order valence-electron chi connectivity index (χ3n) is 4.28. The van der Waals surface area contributed by atoms with Gasteiger partial charge in [0.15, 0.2) is 17.5 Å². The second-order valence-corrected chi connectivity index (χ2v) is 6.75. The second-order valence-electron chi connectivity index (χ2n) is 6.75. The zero-order valence-corrected chi connectivity index (χ0v) is 16.0. The third-order valence-corrected chi connectivity index (χ3v) is 4.28. The topological polar surface area (TPSA) is 92.9 Å². The number of hydrogen-bond donors (Lipinski definition) is 3. The smallest absolute Gasteiger partial charge is 0.191 e. The van der Waals surface area contributed by atoms with Gasteiger partial charge in [-0.1, -0.05) is 12.1 Å². The van der Waals surface area contributed by atoms with Gasteiger partial charge in [-0.2, -0.15) is 5.10 Å². The Morgan fingerprint density at radius 2 is 2.15 bits per heavy atom. The maximum atomic E-state index is 10.7. The van der Waals surface area contributed by atoms with Crippen LogP contribution in [-0.4, -0.2) is 53.2 Å². The molecule has 2 atom stereocenters. The molecular weight excluding hydrogens is 346 g/mol. The summed E-state index contributed by atoms with van der Waals surface area (Å²) in [5.41, 5.74) is -0.370. The van der Waals surface area contributed by atoms with Crippen molar-refractivity contribution in [2.75, 3.05) is 26.2 Å². The number of rotatable bonds is 6. The molecule has 2 unspecified atom stereocenters. The van der Waals surface area contributed by atoms with Crippen LogP contribution in [0.5, 0.6) is 11.5 Å². The molecule has 1 aliphatic rings. The van der Waals surface area contributed by atoms with Crippen molar-refractivity contribution in [3.63, 3.8) is 0 Å². The Balaban J connectivity index is 1.58. The Kier molecular flexibility index (Phi) is 5.85. The Hall–Kier alpha value is -2.74. The highest BCUT2D eigenvalue weighted by molar-refractivity contribution is 5.79. The van der Waals surface area contributed by atoms with Gasteiger partial charge in [0.2, 0.25) is 0 Å².